The molecular formula is C20H16F2N2O3S. The summed E-state index contributed by atoms with van der Waals surface area (Å²) in [6.07, 6.45) is 1.60. The fourth-order valence-corrected chi connectivity index (χ4v) is 3.43. The highest BCUT2D eigenvalue weighted by Gasteiger charge is 2.34. The van der Waals surface area contributed by atoms with Crippen LogP contribution in [0.3, 0.4) is 0 Å². The fraction of sp³-hybridized carbons (Fsp3) is 0.150. The van der Waals surface area contributed by atoms with Crippen molar-refractivity contribution in [2.24, 2.45) is 0 Å². The summed E-state index contributed by atoms with van der Waals surface area (Å²) >= 11 is 0.800. The molecular weight excluding hydrogens is 386 g/mol. The van der Waals surface area contributed by atoms with E-state index >= 15 is 0 Å². The molecule has 3 rings (SSSR count). The van der Waals surface area contributed by atoms with Gasteiger partial charge in [0.05, 0.1) is 11.3 Å². The van der Waals surface area contributed by atoms with Gasteiger partial charge >= 0.3 is 0 Å². The molecule has 0 atom stereocenters. The van der Waals surface area contributed by atoms with E-state index in [1.807, 2.05) is 0 Å². The van der Waals surface area contributed by atoms with Crippen LogP contribution in [0.4, 0.5) is 13.6 Å². The molecule has 0 radical (unpaired) electrons. The van der Waals surface area contributed by atoms with Crippen molar-refractivity contribution in [3.8, 4) is 0 Å². The van der Waals surface area contributed by atoms with Gasteiger partial charge in [0.1, 0.15) is 11.6 Å². The van der Waals surface area contributed by atoms with Gasteiger partial charge in [-0.15, -0.1) is 0 Å². The number of benzene rings is 2. The Morgan fingerprint density at radius 3 is 2.25 bits per heavy atom. The number of carbonyl (C=O) groups excluding carboxylic acids is 3. The van der Waals surface area contributed by atoms with Crippen LogP contribution in [-0.2, 0) is 16.0 Å². The number of rotatable bonds is 6. The molecule has 1 fully saturated rings. The second-order valence-corrected chi connectivity index (χ2v) is 7.03. The smallest absolute Gasteiger partial charge is 0.293 e. The maximum absolute atomic E-state index is 13.0. The maximum Gasteiger partial charge on any atom is 0.293 e. The largest absolute Gasteiger partial charge is 0.354 e. The van der Waals surface area contributed by atoms with Gasteiger partial charge in [-0.25, -0.2) is 8.78 Å². The van der Waals surface area contributed by atoms with E-state index in [0.29, 0.717) is 11.1 Å². The molecule has 0 aromatic heterocycles. The molecule has 0 spiro atoms. The fourth-order valence-electron chi connectivity index (χ4n) is 2.56. The Bertz CT molecular complexity index is 927. The Labute approximate surface area is 164 Å². The molecule has 0 bridgehead atoms. The van der Waals surface area contributed by atoms with Crippen molar-refractivity contribution in [3.63, 3.8) is 0 Å². The minimum atomic E-state index is -0.452. The highest BCUT2D eigenvalue weighted by Crippen LogP contribution is 2.31. The first-order chi connectivity index (χ1) is 13.4. The zero-order valence-electron chi connectivity index (χ0n) is 14.7. The molecule has 2 aromatic rings. The molecule has 28 heavy (non-hydrogen) atoms. The van der Waals surface area contributed by atoms with Crippen molar-refractivity contribution < 1.29 is 23.2 Å². The highest BCUT2D eigenvalue weighted by molar-refractivity contribution is 8.18. The van der Waals surface area contributed by atoms with E-state index < -0.39 is 11.1 Å². The van der Waals surface area contributed by atoms with E-state index in [4.69, 9.17) is 0 Å². The van der Waals surface area contributed by atoms with Gasteiger partial charge in [-0.1, -0.05) is 24.3 Å². The van der Waals surface area contributed by atoms with Gasteiger partial charge in [-0.05, 0) is 53.2 Å². The Morgan fingerprint density at radius 1 is 1.00 bits per heavy atom. The van der Waals surface area contributed by atoms with Gasteiger partial charge in [0.15, 0.2) is 0 Å². The van der Waals surface area contributed by atoms with Crippen LogP contribution in [0.5, 0.6) is 0 Å². The van der Waals surface area contributed by atoms with Crippen LogP contribution in [-0.4, -0.2) is 35.0 Å². The van der Waals surface area contributed by atoms with Crippen LogP contribution in [0, 0.1) is 11.6 Å². The lowest BCUT2D eigenvalue weighted by Crippen LogP contribution is -2.37. The van der Waals surface area contributed by atoms with Crippen molar-refractivity contribution in [2.75, 3.05) is 13.1 Å². The Hall–Kier alpha value is -3.00. The predicted molar refractivity (Wildman–Crippen MR) is 102 cm³/mol. The van der Waals surface area contributed by atoms with Gasteiger partial charge in [0.25, 0.3) is 11.1 Å². The first kappa shape index (κ1) is 19.8. The van der Waals surface area contributed by atoms with Gasteiger partial charge in [-0.2, -0.15) is 0 Å². The number of thioether (sulfide) groups is 1. The summed E-state index contributed by atoms with van der Waals surface area (Å²) < 4.78 is 25.8. The summed E-state index contributed by atoms with van der Waals surface area (Å²) in [5.41, 5.74) is 1.27. The average molecular weight is 402 g/mol. The Balaban J connectivity index is 1.52. The third-order valence-electron chi connectivity index (χ3n) is 3.98. The van der Waals surface area contributed by atoms with E-state index in [9.17, 15) is 23.2 Å². The summed E-state index contributed by atoms with van der Waals surface area (Å²) in [7, 11) is 0. The number of amides is 3. The third kappa shape index (κ3) is 5.04. The van der Waals surface area contributed by atoms with Crippen molar-refractivity contribution >= 4 is 34.9 Å². The first-order valence-corrected chi connectivity index (χ1v) is 9.26. The predicted octanol–water partition coefficient (Wildman–Crippen LogP) is 3.36. The molecule has 5 nitrogen and oxygen atoms in total. The topological polar surface area (TPSA) is 66.5 Å². The lowest BCUT2D eigenvalue weighted by molar-refractivity contribution is -0.124. The van der Waals surface area contributed by atoms with E-state index in [-0.39, 0.29) is 42.0 Å². The monoisotopic (exact) mass is 402 g/mol. The first-order valence-electron chi connectivity index (χ1n) is 8.44. The molecule has 0 aliphatic carbocycles. The van der Waals surface area contributed by atoms with Gasteiger partial charge in [-0.3, -0.25) is 19.3 Å². The summed E-state index contributed by atoms with van der Waals surface area (Å²) in [5.74, 6) is -1.51. The normalized spacial score (nSPS) is 15.4. The standard InChI is InChI=1S/C20H16F2N2O3S/c21-15-5-1-13(2-6-15)11-17-19(26)24(20(27)28-17)10-9-23-18(25)12-14-3-7-16(22)8-4-14/h1-8,11H,9-10,12H2,(H,23,25). The minimum absolute atomic E-state index is 0.0422. The van der Waals surface area contributed by atoms with Gasteiger partial charge in [0, 0.05) is 13.1 Å². The Kier molecular flexibility index (Phi) is 6.20. The lowest BCUT2D eigenvalue weighted by Gasteiger charge is -2.13. The molecule has 3 amide bonds. The SMILES string of the molecule is O=C(Cc1ccc(F)cc1)NCCN1C(=O)SC(=Cc2ccc(F)cc2)C1=O. The van der Waals surface area contributed by atoms with E-state index in [1.54, 1.807) is 0 Å². The van der Waals surface area contributed by atoms with E-state index in [2.05, 4.69) is 5.32 Å². The van der Waals surface area contributed by atoms with Crippen LogP contribution in [0.25, 0.3) is 6.08 Å². The summed E-state index contributed by atoms with van der Waals surface area (Å²) in [5, 5.41) is 2.21. The van der Waals surface area contributed by atoms with Crippen LogP contribution < -0.4 is 5.32 Å². The second kappa shape index (κ2) is 8.79. The number of hydrogen-bond acceptors (Lipinski definition) is 4. The van der Waals surface area contributed by atoms with Crippen molar-refractivity contribution in [1.82, 2.24) is 10.2 Å². The minimum Gasteiger partial charge on any atom is -0.354 e. The molecule has 2 aromatic carbocycles. The number of nitrogens with one attached hydrogen (secondary N) is 1. The number of imide groups is 1. The van der Waals surface area contributed by atoms with Crippen LogP contribution in [0.2, 0.25) is 0 Å². The van der Waals surface area contributed by atoms with Crippen LogP contribution in [0.1, 0.15) is 11.1 Å². The Morgan fingerprint density at radius 2 is 1.61 bits per heavy atom. The molecule has 8 heteroatoms. The van der Waals surface area contributed by atoms with Crippen molar-refractivity contribution in [2.45, 2.75) is 6.42 Å². The molecule has 1 aliphatic rings. The van der Waals surface area contributed by atoms with Crippen LogP contribution in [0.15, 0.2) is 53.4 Å². The number of carbonyl (C=O) groups is 3. The number of hydrogen-bond donors (Lipinski definition) is 1. The zero-order chi connectivity index (χ0) is 20.1. The summed E-state index contributed by atoms with van der Waals surface area (Å²) in [6.45, 7) is 0.155. The maximum atomic E-state index is 13.0. The van der Waals surface area contributed by atoms with Crippen molar-refractivity contribution in [3.05, 3.63) is 76.2 Å². The third-order valence-corrected chi connectivity index (χ3v) is 4.88. The van der Waals surface area contributed by atoms with E-state index in [1.165, 1.54) is 54.6 Å². The number of nitrogens with zero attached hydrogens (tertiary/aromatic N) is 1. The molecule has 144 valence electrons. The zero-order valence-corrected chi connectivity index (χ0v) is 15.5. The highest BCUT2D eigenvalue weighted by atomic mass is 32.2. The lowest BCUT2D eigenvalue weighted by atomic mass is 10.1. The van der Waals surface area contributed by atoms with E-state index in [0.717, 1.165) is 16.7 Å². The summed E-state index contributed by atoms with van der Waals surface area (Å²) in [6, 6.07) is 11.2. The van der Waals surface area contributed by atoms with Gasteiger partial charge in [0.2, 0.25) is 5.91 Å². The molecule has 0 saturated carbocycles. The molecule has 1 heterocycles. The molecule has 1 aliphatic heterocycles. The second-order valence-electron chi connectivity index (χ2n) is 6.04. The molecule has 0 unspecified atom stereocenters. The molecule has 1 saturated heterocycles. The van der Waals surface area contributed by atoms with Crippen molar-refractivity contribution in [1.29, 1.82) is 0 Å². The molecule has 1 N–H and O–H groups in total. The summed E-state index contributed by atoms with van der Waals surface area (Å²) in [4.78, 5) is 37.7. The quantitative estimate of drug-likeness (QED) is 0.753. The van der Waals surface area contributed by atoms with Crippen LogP contribution >= 0.6 is 11.8 Å². The number of halogens is 2. The average Bonchev–Trinajstić information content (AvgIpc) is 2.93. The van der Waals surface area contributed by atoms with Gasteiger partial charge < -0.3 is 5.32 Å².